The summed E-state index contributed by atoms with van der Waals surface area (Å²) in [5.41, 5.74) is 0. The molecule has 1 fully saturated rings. The van der Waals surface area contributed by atoms with Gasteiger partial charge < -0.3 is 4.90 Å². The highest BCUT2D eigenvalue weighted by molar-refractivity contribution is 5.79. The molecule has 1 rings (SSSR count). The largest absolute Gasteiger partial charge is 0.367 e. The van der Waals surface area contributed by atoms with Gasteiger partial charge in [0.25, 0.3) is 0 Å². The van der Waals surface area contributed by atoms with Crippen LogP contribution < -0.4 is 0 Å². The van der Waals surface area contributed by atoms with Gasteiger partial charge in [-0.2, -0.15) is 0 Å². The second-order valence-electron chi connectivity index (χ2n) is 3.86. The van der Waals surface area contributed by atoms with Crippen molar-refractivity contribution in [1.29, 1.82) is 0 Å². The highest BCUT2D eigenvalue weighted by Gasteiger charge is 2.11. The van der Waals surface area contributed by atoms with Crippen LogP contribution in [0.1, 0.15) is 39.0 Å². The normalized spacial score (nSPS) is 21.1. The van der Waals surface area contributed by atoms with E-state index in [-0.39, 0.29) is 0 Å². The van der Waals surface area contributed by atoms with Crippen LogP contribution in [0.2, 0.25) is 0 Å². The average molecular weight is 168 g/mol. The van der Waals surface area contributed by atoms with E-state index in [4.69, 9.17) is 0 Å². The molecular weight excluding hydrogens is 148 g/mol. The van der Waals surface area contributed by atoms with Crippen LogP contribution in [0.4, 0.5) is 0 Å². The number of amidine groups is 1. The van der Waals surface area contributed by atoms with Crippen LogP contribution in [-0.4, -0.2) is 30.9 Å². The van der Waals surface area contributed by atoms with E-state index in [1.807, 2.05) is 0 Å². The molecule has 0 saturated heterocycles. The fraction of sp³-hybridized carbons (Fsp3) is 0.900. The topological polar surface area (TPSA) is 15.6 Å². The molecule has 0 spiro atoms. The summed E-state index contributed by atoms with van der Waals surface area (Å²) in [7, 11) is 4.11. The van der Waals surface area contributed by atoms with E-state index in [1.54, 1.807) is 0 Å². The quantitative estimate of drug-likeness (QED) is 0.433. The maximum Gasteiger partial charge on any atom is 0.0955 e. The summed E-state index contributed by atoms with van der Waals surface area (Å²) in [6.45, 7) is 2.09. The highest BCUT2D eigenvalue weighted by Crippen LogP contribution is 2.20. The molecule has 0 aromatic carbocycles. The van der Waals surface area contributed by atoms with E-state index < -0.39 is 0 Å². The van der Waals surface area contributed by atoms with Crippen molar-refractivity contribution in [3.05, 3.63) is 0 Å². The van der Waals surface area contributed by atoms with Crippen LogP contribution in [0.5, 0.6) is 0 Å². The fourth-order valence-electron chi connectivity index (χ4n) is 1.59. The molecule has 2 heteroatoms. The van der Waals surface area contributed by atoms with Gasteiger partial charge in [-0.25, -0.2) is 0 Å². The number of rotatable bonds is 1. The molecule has 1 aliphatic carbocycles. The van der Waals surface area contributed by atoms with Crippen LogP contribution in [0.15, 0.2) is 4.99 Å². The molecule has 0 atom stereocenters. The maximum absolute atomic E-state index is 4.68. The van der Waals surface area contributed by atoms with Gasteiger partial charge in [-0.15, -0.1) is 0 Å². The Balaban J connectivity index is 2.41. The molecule has 70 valence electrons. The Morgan fingerprint density at radius 1 is 1.17 bits per heavy atom. The van der Waals surface area contributed by atoms with Crippen molar-refractivity contribution in [3.8, 4) is 0 Å². The number of nitrogens with zero attached hydrogens (tertiary/aromatic N) is 2. The highest BCUT2D eigenvalue weighted by atomic mass is 15.1. The van der Waals surface area contributed by atoms with Crippen LogP contribution in [0.3, 0.4) is 0 Å². The van der Waals surface area contributed by atoms with E-state index in [0.717, 1.165) is 0 Å². The smallest absolute Gasteiger partial charge is 0.0955 e. The molecule has 0 aromatic rings. The zero-order valence-electron chi connectivity index (χ0n) is 8.51. The van der Waals surface area contributed by atoms with Gasteiger partial charge in [-0.05, 0) is 19.8 Å². The summed E-state index contributed by atoms with van der Waals surface area (Å²) in [5, 5.41) is 0. The summed E-state index contributed by atoms with van der Waals surface area (Å²) in [5.74, 6) is 1.17. The second kappa shape index (κ2) is 4.48. The third kappa shape index (κ3) is 2.84. The summed E-state index contributed by atoms with van der Waals surface area (Å²) >= 11 is 0. The van der Waals surface area contributed by atoms with Crippen LogP contribution >= 0.6 is 0 Å². The molecule has 0 radical (unpaired) electrons. The number of hydrogen-bond acceptors (Lipinski definition) is 1. The minimum absolute atomic E-state index is 0.612. The van der Waals surface area contributed by atoms with Gasteiger partial charge in [0.05, 0.1) is 11.9 Å². The zero-order valence-corrected chi connectivity index (χ0v) is 8.51. The lowest BCUT2D eigenvalue weighted by atomic mass is 9.96. The Hall–Kier alpha value is -0.530. The van der Waals surface area contributed by atoms with Crippen molar-refractivity contribution in [2.45, 2.75) is 45.1 Å². The van der Waals surface area contributed by atoms with E-state index in [0.29, 0.717) is 6.04 Å². The minimum Gasteiger partial charge on any atom is -0.367 e. The second-order valence-corrected chi connectivity index (χ2v) is 3.86. The Morgan fingerprint density at radius 3 is 2.25 bits per heavy atom. The van der Waals surface area contributed by atoms with Gasteiger partial charge in [-0.3, -0.25) is 4.99 Å². The number of aliphatic imine (C=N–C) groups is 1. The average Bonchev–Trinajstić information content (AvgIpc) is 2.06. The van der Waals surface area contributed by atoms with Crippen LogP contribution in [0.25, 0.3) is 0 Å². The van der Waals surface area contributed by atoms with Crippen molar-refractivity contribution in [2.24, 2.45) is 4.99 Å². The van der Waals surface area contributed by atoms with Gasteiger partial charge >= 0.3 is 0 Å². The Kier molecular flexibility index (Phi) is 3.57. The molecule has 0 unspecified atom stereocenters. The maximum atomic E-state index is 4.68. The molecule has 1 saturated carbocycles. The van der Waals surface area contributed by atoms with E-state index >= 15 is 0 Å². The summed E-state index contributed by atoms with van der Waals surface area (Å²) in [4.78, 5) is 6.77. The fourth-order valence-corrected chi connectivity index (χ4v) is 1.59. The lowest BCUT2D eigenvalue weighted by Gasteiger charge is -2.20. The zero-order chi connectivity index (χ0) is 8.97. The van der Waals surface area contributed by atoms with Gasteiger partial charge in [0, 0.05) is 14.1 Å². The van der Waals surface area contributed by atoms with Crippen LogP contribution in [0, 0.1) is 0 Å². The Labute approximate surface area is 75.7 Å². The monoisotopic (exact) mass is 168 g/mol. The summed E-state index contributed by atoms with van der Waals surface area (Å²) in [6.07, 6.45) is 6.74. The summed E-state index contributed by atoms with van der Waals surface area (Å²) < 4.78 is 0. The molecule has 0 amide bonds. The molecule has 0 aliphatic heterocycles. The first-order valence-corrected chi connectivity index (χ1v) is 4.92. The minimum atomic E-state index is 0.612. The first kappa shape index (κ1) is 9.56. The Bertz CT molecular complexity index is 155. The number of hydrogen-bond donors (Lipinski definition) is 0. The third-order valence-electron chi connectivity index (χ3n) is 2.59. The van der Waals surface area contributed by atoms with Crippen molar-refractivity contribution in [1.82, 2.24) is 4.90 Å². The van der Waals surface area contributed by atoms with E-state index in [1.165, 1.54) is 37.9 Å². The van der Waals surface area contributed by atoms with Crippen molar-refractivity contribution < 1.29 is 0 Å². The van der Waals surface area contributed by atoms with Crippen molar-refractivity contribution >= 4 is 5.84 Å². The molecular formula is C10H20N2. The third-order valence-corrected chi connectivity index (χ3v) is 2.59. The predicted octanol–water partition coefficient (Wildman–Crippen LogP) is 2.30. The molecule has 2 nitrogen and oxygen atoms in total. The summed E-state index contributed by atoms with van der Waals surface area (Å²) in [6, 6.07) is 0.612. The van der Waals surface area contributed by atoms with E-state index in [9.17, 15) is 0 Å². The standard InChI is InChI=1S/C10H20N2/c1-9(12(2)3)11-10-7-5-4-6-8-10/h10H,4-8H2,1-3H3. The van der Waals surface area contributed by atoms with Crippen molar-refractivity contribution in [2.75, 3.05) is 14.1 Å². The molecule has 1 aliphatic rings. The van der Waals surface area contributed by atoms with Gasteiger partial charge in [0.15, 0.2) is 0 Å². The molecule has 12 heavy (non-hydrogen) atoms. The molecule has 0 bridgehead atoms. The van der Waals surface area contributed by atoms with E-state index in [2.05, 4.69) is 30.9 Å². The predicted molar refractivity (Wildman–Crippen MR) is 53.7 cm³/mol. The van der Waals surface area contributed by atoms with Gasteiger partial charge in [0.2, 0.25) is 0 Å². The molecule has 0 aromatic heterocycles. The van der Waals surface area contributed by atoms with Crippen molar-refractivity contribution in [3.63, 3.8) is 0 Å². The molecule has 0 heterocycles. The first-order chi connectivity index (χ1) is 5.70. The lowest BCUT2D eigenvalue weighted by molar-refractivity contribution is 0.437. The van der Waals surface area contributed by atoms with Crippen LogP contribution in [-0.2, 0) is 0 Å². The van der Waals surface area contributed by atoms with Gasteiger partial charge in [0.1, 0.15) is 0 Å². The Morgan fingerprint density at radius 2 is 1.75 bits per heavy atom. The first-order valence-electron chi connectivity index (χ1n) is 4.92. The molecule has 0 N–H and O–H groups in total. The lowest BCUT2D eigenvalue weighted by Crippen LogP contribution is -2.22. The SMILES string of the molecule is CC(=NC1CCCCC1)N(C)C. The van der Waals surface area contributed by atoms with Gasteiger partial charge in [-0.1, -0.05) is 19.3 Å².